The summed E-state index contributed by atoms with van der Waals surface area (Å²) < 4.78 is 28.4. The molecule has 0 aliphatic rings. The minimum Gasteiger partial charge on any atom is -0.222 e. The van der Waals surface area contributed by atoms with Crippen LogP contribution in [0.25, 0.3) is 0 Å². The molecule has 0 bridgehead atoms. The average molecular weight is 313 g/mol. The number of nitrogens with zero attached hydrogens (tertiary/aromatic N) is 2. The minimum absolute atomic E-state index is 0.132. The van der Waals surface area contributed by atoms with E-state index in [0.717, 1.165) is 11.5 Å². The van der Waals surface area contributed by atoms with Crippen LogP contribution in [-0.2, 0) is 15.6 Å². The molecule has 0 atom stereocenters. The number of hydrogen-bond acceptors (Lipinski definition) is 5. The molecule has 0 fully saturated rings. The van der Waals surface area contributed by atoms with Crippen molar-refractivity contribution in [2.75, 3.05) is 0 Å². The number of nitriles is 1. The van der Waals surface area contributed by atoms with E-state index in [9.17, 15) is 8.42 Å². The van der Waals surface area contributed by atoms with Crippen molar-refractivity contribution in [3.63, 3.8) is 0 Å². The summed E-state index contributed by atoms with van der Waals surface area (Å²) >= 11 is 6.77. The van der Waals surface area contributed by atoms with Gasteiger partial charge in [0.2, 0.25) is 9.84 Å². The molecule has 7 heteroatoms. The second kappa shape index (κ2) is 5.29. The number of halogens is 1. The van der Waals surface area contributed by atoms with Gasteiger partial charge in [-0.1, -0.05) is 23.7 Å². The third-order valence-corrected chi connectivity index (χ3v) is 5.23. The molecule has 0 N–H and O–H groups in total. The quantitative estimate of drug-likeness (QED) is 0.873. The second-order valence-electron chi connectivity index (χ2n) is 3.92. The van der Waals surface area contributed by atoms with E-state index in [4.69, 9.17) is 16.9 Å². The first kappa shape index (κ1) is 14.0. The summed E-state index contributed by atoms with van der Waals surface area (Å²) in [4.78, 5) is 0.609. The van der Waals surface area contributed by atoms with Crippen LogP contribution in [-0.4, -0.2) is 12.8 Å². The molecule has 0 saturated heterocycles. The fourth-order valence-electron chi connectivity index (χ4n) is 1.56. The molecule has 0 aliphatic heterocycles. The molecule has 1 aromatic heterocycles. The summed E-state index contributed by atoms with van der Waals surface area (Å²) in [6, 6.07) is 8.44. The Morgan fingerprint density at radius 1 is 1.37 bits per heavy atom. The van der Waals surface area contributed by atoms with Crippen LogP contribution in [0, 0.1) is 18.3 Å². The van der Waals surface area contributed by atoms with Gasteiger partial charge in [-0.15, -0.1) is 0 Å². The zero-order chi connectivity index (χ0) is 14.0. The van der Waals surface area contributed by atoms with Crippen molar-refractivity contribution >= 4 is 33.0 Å². The van der Waals surface area contributed by atoms with Crippen LogP contribution in [0.4, 0.5) is 0 Å². The highest BCUT2D eigenvalue weighted by molar-refractivity contribution is 7.90. The second-order valence-corrected chi connectivity index (χ2v) is 7.24. The van der Waals surface area contributed by atoms with Crippen LogP contribution in [0.2, 0.25) is 5.02 Å². The lowest BCUT2D eigenvalue weighted by Crippen LogP contribution is -2.07. The van der Waals surface area contributed by atoms with Crippen molar-refractivity contribution in [3.8, 4) is 6.07 Å². The maximum atomic E-state index is 12.2. The standard InChI is InChI=1S/C12H9ClN2O2S2/c1-8-11(6-14)12(15-18-8)19(16,17)7-9-2-4-10(13)5-3-9/h2-5H,7H2,1H3. The van der Waals surface area contributed by atoms with Gasteiger partial charge >= 0.3 is 0 Å². The van der Waals surface area contributed by atoms with E-state index < -0.39 is 9.84 Å². The third kappa shape index (κ3) is 2.95. The molecule has 0 radical (unpaired) electrons. The number of benzene rings is 1. The molecule has 0 aliphatic carbocycles. The first-order valence-corrected chi connectivity index (χ1v) is 8.08. The number of aryl methyl sites for hydroxylation is 1. The maximum Gasteiger partial charge on any atom is 0.202 e. The SMILES string of the molecule is Cc1snc(S(=O)(=O)Cc2ccc(Cl)cc2)c1C#N. The van der Waals surface area contributed by atoms with Gasteiger partial charge in [0.15, 0.2) is 5.03 Å². The molecule has 98 valence electrons. The van der Waals surface area contributed by atoms with Crippen LogP contribution in [0.15, 0.2) is 29.3 Å². The summed E-state index contributed by atoms with van der Waals surface area (Å²) in [6.45, 7) is 1.68. The number of aromatic nitrogens is 1. The molecule has 1 aromatic carbocycles. The molecule has 2 rings (SSSR count). The summed E-state index contributed by atoms with van der Waals surface area (Å²) in [6.07, 6.45) is 0. The van der Waals surface area contributed by atoms with Crippen molar-refractivity contribution < 1.29 is 8.42 Å². The molecule has 4 nitrogen and oxygen atoms in total. The van der Waals surface area contributed by atoms with Crippen molar-refractivity contribution in [1.29, 1.82) is 5.26 Å². The largest absolute Gasteiger partial charge is 0.222 e. The van der Waals surface area contributed by atoms with Crippen molar-refractivity contribution in [2.24, 2.45) is 0 Å². The van der Waals surface area contributed by atoms with Gasteiger partial charge < -0.3 is 0 Å². The number of rotatable bonds is 3. The van der Waals surface area contributed by atoms with E-state index >= 15 is 0 Å². The topological polar surface area (TPSA) is 70.8 Å². The zero-order valence-electron chi connectivity index (χ0n) is 9.92. The zero-order valence-corrected chi connectivity index (χ0v) is 12.3. The van der Waals surface area contributed by atoms with Gasteiger partial charge in [-0.3, -0.25) is 0 Å². The summed E-state index contributed by atoms with van der Waals surface area (Å²) in [5.41, 5.74) is 0.748. The Morgan fingerprint density at radius 3 is 2.58 bits per heavy atom. The molecule has 19 heavy (non-hydrogen) atoms. The fraction of sp³-hybridized carbons (Fsp3) is 0.167. The van der Waals surface area contributed by atoms with Crippen LogP contribution in [0.3, 0.4) is 0 Å². The normalized spacial score (nSPS) is 11.2. The first-order valence-electron chi connectivity index (χ1n) is 5.27. The van der Waals surface area contributed by atoms with Crippen LogP contribution < -0.4 is 0 Å². The summed E-state index contributed by atoms with van der Waals surface area (Å²) in [7, 11) is -3.61. The van der Waals surface area contributed by atoms with E-state index in [-0.39, 0.29) is 16.3 Å². The molecular formula is C12H9ClN2O2S2. The van der Waals surface area contributed by atoms with Gasteiger partial charge in [0.1, 0.15) is 11.6 Å². The summed E-state index contributed by atoms with van der Waals surface area (Å²) in [5, 5.41) is 9.40. The highest BCUT2D eigenvalue weighted by Crippen LogP contribution is 2.24. The molecule has 0 unspecified atom stereocenters. The van der Waals surface area contributed by atoms with Gasteiger partial charge in [-0.25, -0.2) is 8.42 Å². The van der Waals surface area contributed by atoms with Crippen molar-refractivity contribution in [3.05, 3.63) is 45.3 Å². The predicted molar refractivity (Wildman–Crippen MR) is 73.9 cm³/mol. The minimum atomic E-state index is -3.61. The van der Waals surface area contributed by atoms with Crippen molar-refractivity contribution in [1.82, 2.24) is 4.37 Å². The van der Waals surface area contributed by atoms with E-state index in [2.05, 4.69) is 4.37 Å². The van der Waals surface area contributed by atoms with Gasteiger partial charge in [0.25, 0.3) is 0 Å². The summed E-state index contributed by atoms with van der Waals surface area (Å²) in [5.74, 6) is -0.192. The van der Waals surface area contributed by atoms with Crippen LogP contribution in [0.1, 0.15) is 16.0 Å². The van der Waals surface area contributed by atoms with Gasteiger partial charge in [0.05, 0.1) is 5.75 Å². The Bertz CT molecular complexity index is 743. The third-order valence-electron chi connectivity index (χ3n) is 2.51. The van der Waals surface area contributed by atoms with E-state index in [1.54, 1.807) is 31.2 Å². The van der Waals surface area contributed by atoms with E-state index in [1.165, 1.54) is 0 Å². The molecule has 0 spiro atoms. The Labute approximate surface area is 120 Å². The molecule has 2 aromatic rings. The highest BCUT2D eigenvalue weighted by atomic mass is 35.5. The average Bonchev–Trinajstić information content (AvgIpc) is 2.74. The van der Waals surface area contributed by atoms with Gasteiger partial charge in [-0.05, 0) is 36.2 Å². The maximum absolute atomic E-state index is 12.2. The smallest absolute Gasteiger partial charge is 0.202 e. The molecule has 0 saturated carbocycles. The highest BCUT2D eigenvalue weighted by Gasteiger charge is 2.24. The lowest BCUT2D eigenvalue weighted by Gasteiger charge is -2.02. The van der Waals surface area contributed by atoms with Crippen LogP contribution >= 0.6 is 23.1 Å². The number of hydrogen-bond donors (Lipinski definition) is 0. The predicted octanol–water partition coefficient (Wildman–Crippen LogP) is 2.95. The van der Waals surface area contributed by atoms with E-state index in [0.29, 0.717) is 15.5 Å². The Kier molecular flexibility index (Phi) is 3.90. The van der Waals surface area contributed by atoms with Gasteiger partial charge in [0, 0.05) is 9.90 Å². The van der Waals surface area contributed by atoms with Crippen LogP contribution in [0.5, 0.6) is 0 Å². The molecular weight excluding hydrogens is 304 g/mol. The Morgan fingerprint density at radius 2 is 2.00 bits per heavy atom. The lowest BCUT2D eigenvalue weighted by atomic mass is 10.2. The Hall–Kier alpha value is -1.42. The Balaban J connectivity index is 2.38. The fourth-order valence-corrected chi connectivity index (χ4v) is 4.14. The van der Waals surface area contributed by atoms with Crippen molar-refractivity contribution in [2.45, 2.75) is 17.7 Å². The first-order chi connectivity index (χ1) is 8.94. The monoisotopic (exact) mass is 312 g/mol. The number of sulfone groups is 1. The van der Waals surface area contributed by atoms with Gasteiger partial charge in [-0.2, -0.15) is 9.64 Å². The lowest BCUT2D eigenvalue weighted by molar-refractivity contribution is 0.592. The van der Waals surface area contributed by atoms with E-state index in [1.807, 2.05) is 6.07 Å². The molecule has 0 amide bonds. The molecule has 1 heterocycles.